The second kappa shape index (κ2) is 8.34. The van der Waals surface area contributed by atoms with E-state index in [9.17, 15) is 9.59 Å². The maximum Gasteiger partial charge on any atom is 0.263 e. The van der Waals surface area contributed by atoms with Crippen LogP contribution in [0.15, 0.2) is 29.1 Å². The number of nitrogens with zero attached hydrogens (tertiary/aromatic N) is 4. The summed E-state index contributed by atoms with van der Waals surface area (Å²) >= 11 is 1.66. The predicted octanol–water partition coefficient (Wildman–Crippen LogP) is 2.76. The Morgan fingerprint density at radius 3 is 2.88 bits per heavy atom. The van der Waals surface area contributed by atoms with Gasteiger partial charge in [-0.25, -0.2) is 4.98 Å². The van der Waals surface area contributed by atoms with Crippen molar-refractivity contribution in [3.8, 4) is 0 Å². The van der Waals surface area contributed by atoms with E-state index in [-0.39, 0.29) is 24.1 Å². The van der Waals surface area contributed by atoms with Gasteiger partial charge in [-0.05, 0) is 49.8 Å². The number of amides is 1. The van der Waals surface area contributed by atoms with Gasteiger partial charge in [-0.2, -0.15) is 0 Å². The molecule has 2 aromatic heterocycles. The summed E-state index contributed by atoms with van der Waals surface area (Å²) in [6, 6.07) is 8.14. The Morgan fingerprint density at radius 1 is 1.21 bits per heavy atom. The molecule has 6 rings (SSSR count). The minimum Gasteiger partial charge on any atom is -0.379 e. The summed E-state index contributed by atoms with van der Waals surface area (Å²) < 4.78 is 7.14. The molecule has 8 heteroatoms. The third-order valence-corrected chi connectivity index (χ3v) is 8.33. The largest absolute Gasteiger partial charge is 0.379 e. The molecule has 1 aromatic carbocycles. The van der Waals surface area contributed by atoms with E-state index in [0.29, 0.717) is 25.6 Å². The number of fused-ring (bicyclic) bond motifs is 4. The summed E-state index contributed by atoms with van der Waals surface area (Å²) in [6.45, 7) is 5.62. The molecule has 0 unspecified atom stereocenters. The molecule has 0 saturated carbocycles. The highest BCUT2D eigenvalue weighted by Crippen LogP contribution is 2.35. The van der Waals surface area contributed by atoms with Crippen LogP contribution in [0.2, 0.25) is 0 Å². The Bertz CT molecular complexity index is 1290. The first-order valence-corrected chi connectivity index (χ1v) is 12.7. The molecule has 172 valence electrons. The smallest absolute Gasteiger partial charge is 0.263 e. The first kappa shape index (κ1) is 21.0. The van der Waals surface area contributed by atoms with Crippen molar-refractivity contribution in [3.05, 3.63) is 56.4 Å². The van der Waals surface area contributed by atoms with E-state index in [1.807, 2.05) is 23.1 Å². The number of carbonyl (C=O) groups excluding carboxylic acids is 1. The van der Waals surface area contributed by atoms with Crippen molar-refractivity contribution in [1.82, 2.24) is 14.5 Å². The zero-order valence-electron chi connectivity index (χ0n) is 18.9. The van der Waals surface area contributed by atoms with Crippen molar-refractivity contribution in [2.45, 2.75) is 51.7 Å². The average molecular weight is 465 g/mol. The van der Waals surface area contributed by atoms with Gasteiger partial charge in [0.2, 0.25) is 5.91 Å². The van der Waals surface area contributed by atoms with Crippen LogP contribution in [0.5, 0.6) is 0 Å². The number of aromatic nitrogens is 2. The fourth-order valence-corrected chi connectivity index (χ4v) is 6.79. The number of aryl methyl sites for hydroxylation is 2. The lowest BCUT2D eigenvalue weighted by atomic mass is 10.1. The molecule has 7 nitrogen and oxygen atoms in total. The highest BCUT2D eigenvalue weighted by molar-refractivity contribution is 7.18. The third kappa shape index (κ3) is 3.61. The molecule has 33 heavy (non-hydrogen) atoms. The number of hydrogen-bond acceptors (Lipinski definition) is 6. The van der Waals surface area contributed by atoms with E-state index < -0.39 is 0 Å². The highest BCUT2D eigenvalue weighted by Gasteiger charge is 2.32. The summed E-state index contributed by atoms with van der Waals surface area (Å²) in [5.41, 5.74) is 3.24. The van der Waals surface area contributed by atoms with E-state index in [2.05, 4.69) is 17.9 Å². The molecule has 1 fully saturated rings. The number of benzene rings is 1. The van der Waals surface area contributed by atoms with Crippen LogP contribution in [0, 0.1) is 0 Å². The van der Waals surface area contributed by atoms with Gasteiger partial charge in [0.25, 0.3) is 5.56 Å². The second-order valence-electron chi connectivity index (χ2n) is 9.29. The summed E-state index contributed by atoms with van der Waals surface area (Å²) in [5.74, 6) is 0.633. The normalized spacial score (nSPS) is 20.4. The van der Waals surface area contributed by atoms with Crippen molar-refractivity contribution in [1.29, 1.82) is 0 Å². The number of morpholine rings is 1. The molecule has 0 spiro atoms. The Balaban J connectivity index is 1.41. The minimum absolute atomic E-state index is 0.0186. The Morgan fingerprint density at radius 2 is 2.03 bits per heavy atom. The van der Waals surface area contributed by atoms with Crippen molar-refractivity contribution >= 4 is 33.1 Å². The van der Waals surface area contributed by atoms with Crippen molar-refractivity contribution < 1.29 is 9.53 Å². The highest BCUT2D eigenvalue weighted by atomic mass is 32.1. The van der Waals surface area contributed by atoms with E-state index in [0.717, 1.165) is 60.2 Å². The van der Waals surface area contributed by atoms with E-state index in [1.165, 1.54) is 10.4 Å². The van der Waals surface area contributed by atoms with Crippen LogP contribution in [0.4, 0.5) is 5.69 Å². The van der Waals surface area contributed by atoms with Crippen LogP contribution in [-0.4, -0.2) is 52.7 Å². The lowest BCUT2D eigenvalue weighted by molar-refractivity contribution is -0.119. The maximum absolute atomic E-state index is 13.8. The summed E-state index contributed by atoms with van der Waals surface area (Å²) in [5, 5.41) is 0.737. The van der Waals surface area contributed by atoms with Crippen molar-refractivity contribution in [2.75, 3.05) is 31.2 Å². The van der Waals surface area contributed by atoms with Gasteiger partial charge < -0.3 is 9.64 Å². The van der Waals surface area contributed by atoms with Crippen LogP contribution < -0.4 is 10.5 Å². The molecule has 0 bridgehead atoms. The van der Waals surface area contributed by atoms with Gasteiger partial charge in [0.15, 0.2) is 0 Å². The average Bonchev–Trinajstić information content (AvgIpc) is 3.48. The fraction of sp³-hybridized carbons (Fsp3) is 0.480. The molecule has 1 saturated heterocycles. The number of rotatable bonds is 4. The fourth-order valence-electron chi connectivity index (χ4n) is 5.52. The van der Waals surface area contributed by atoms with Gasteiger partial charge in [-0.15, -0.1) is 11.3 Å². The molecule has 2 aliphatic heterocycles. The lowest BCUT2D eigenvalue weighted by Crippen LogP contribution is -2.42. The molecule has 3 aromatic rings. The number of thiophene rings is 1. The van der Waals surface area contributed by atoms with Crippen LogP contribution >= 0.6 is 11.3 Å². The quantitative estimate of drug-likeness (QED) is 0.594. The monoisotopic (exact) mass is 464 g/mol. The van der Waals surface area contributed by atoms with Gasteiger partial charge >= 0.3 is 0 Å². The summed E-state index contributed by atoms with van der Waals surface area (Å²) in [6.07, 6.45) is 3.88. The van der Waals surface area contributed by atoms with Crippen LogP contribution in [0.1, 0.15) is 35.2 Å². The maximum atomic E-state index is 13.8. The first-order chi connectivity index (χ1) is 16.1. The molecular formula is C25H28N4O3S. The van der Waals surface area contributed by atoms with Gasteiger partial charge in [0.05, 0.1) is 25.1 Å². The molecule has 1 amide bonds. The minimum atomic E-state index is -0.0591. The second-order valence-corrected chi connectivity index (χ2v) is 10.4. The zero-order chi connectivity index (χ0) is 22.5. The van der Waals surface area contributed by atoms with Crippen LogP contribution in [0.3, 0.4) is 0 Å². The zero-order valence-corrected chi connectivity index (χ0v) is 19.7. The Kier molecular flexibility index (Phi) is 5.31. The number of ether oxygens (including phenoxy) is 1. The van der Waals surface area contributed by atoms with E-state index in [4.69, 9.17) is 9.72 Å². The summed E-state index contributed by atoms with van der Waals surface area (Å²) in [4.78, 5) is 38.6. The molecule has 3 aliphatic rings. The van der Waals surface area contributed by atoms with E-state index >= 15 is 0 Å². The topological polar surface area (TPSA) is 67.7 Å². The number of anilines is 1. The van der Waals surface area contributed by atoms with Crippen molar-refractivity contribution in [3.63, 3.8) is 0 Å². The molecule has 0 N–H and O–H groups in total. The number of para-hydroxylation sites is 1. The van der Waals surface area contributed by atoms with Crippen LogP contribution in [0.25, 0.3) is 10.2 Å². The molecule has 0 radical (unpaired) electrons. The lowest BCUT2D eigenvalue weighted by Gasteiger charge is -2.28. The summed E-state index contributed by atoms with van der Waals surface area (Å²) in [7, 11) is 0. The number of carbonyl (C=O) groups is 1. The molecule has 1 aliphatic carbocycles. The van der Waals surface area contributed by atoms with Gasteiger partial charge in [-0.3, -0.25) is 19.1 Å². The predicted molar refractivity (Wildman–Crippen MR) is 129 cm³/mol. The van der Waals surface area contributed by atoms with Crippen molar-refractivity contribution in [2.24, 2.45) is 0 Å². The van der Waals surface area contributed by atoms with Gasteiger partial charge in [0, 0.05) is 29.7 Å². The SMILES string of the molecule is C[C@@H]1Cc2ccccc2N1C(=O)Cn1c(CN2CCOCC2)nc2sc3c(c2c1=O)CCC3. The Labute approximate surface area is 196 Å². The first-order valence-electron chi connectivity index (χ1n) is 11.8. The molecule has 4 heterocycles. The van der Waals surface area contributed by atoms with Gasteiger partial charge in [-0.1, -0.05) is 18.2 Å². The van der Waals surface area contributed by atoms with Crippen LogP contribution in [-0.2, 0) is 41.9 Å². The van der Waals surface area contributed by atoms with Gasteiger partial charge in [0.1, 0.15) is 17.2 Å². The third-order valence-electron chi connectivity index (χ3n) is 7.14. The Hall–Kier alpha value is -2.55. The molecule has 1 atom stereocenters. The van der Waals surface area contributed by atoms with E-state index in [1.54, 1.807) is 15.9 Å². The molecular weight excluding hydrogens is 436 g/mol. The number of hydrogen-bond donors (Lipinski definition) is 0. The standard InChI is InChI=1S/C25H28N4O3S/c1-16-13-17-5-2-3-7-19(17)29(16)22(30)15-28-21(14-27-9-11-32-12-10-27)26-24-23(25(28)31)18-6-4-8-20(18)33-24/h2-3,5,7,16H,4,6,8-15H2,1H3/t16-/m1/s1.